The largest absolute Gasteiger partial charge is 0.493 e. The molecule has 0 radical (unpaired) electrons. The Labute approximate surface area is 169 Å². The van der Waals surface area contributed by atoms with Crippen LogP contribution in [0.25, 0.3) is 0 Å². The Kier molecular flexibility index (Phi) is 6.43. The number of nitrogens with one attached hydrogen (secondary N) is 1. The summed E-state index contributed by atoms with van der Waals surface area (Å²) < 4.78 is 21.1. The molecule has 0 unspecified atom stereocenters. The van der Waals surface area contributed by atoms with Gasteiger partial charge in [-0.3, -0.25) is 9.69 Å². The fourth-order valence-corrected chi connectivity index (χ4v) is 3.25. The number of hydrogen-bond acceptors (Lipinski definition) is 6. The van der Waals surface area contributed by atoms with Gasteiger partial charge in [0, 0.05) is 6.42 Å². The molecule has 154 valence electrons. The predicted molar refractivity (Wildman–Crippen MR) is 108 cm³/mol. The summed E-state index contributed by atoms with van der Waals surface area (Å²) in [5, 5.41) is 2.88. The first kappa shape index (κ1) is 20.3. The van der Waals surface area contributed by atoms with Crippen molar-refractivity contribution in [3.63, 3.8) is 0 Å². The van der Waals surface area contributed by atoms with E-state index in [2.05, 4.69) is 5.32 Å². The number of benzene rings is 2. The molecule has 8 nitrogen and oxygen atoms in total. The van der Waals surface area contributed by atoms with Crippen molar-refractivity contribution in [1.82, 2.24) is 0 Å². The van der Waals surface area contributed by atoms with Crippen LogP contribution in [0.2, 0.25) is 0 Å². The molecule has 1 heterocycles. The highest BCUT2D eigenvalue weighted by atomic mass is 16.6. The van der Waals surface area contributed by atoms with Crippen LogP contribution in [0.15, 0.2) is 36.4 Å². The third-order valence-electron chi connectivity index (χ3n) is 4.64. The van der Waals surface area contributed by atoms with Gasteiger partial charge in [0.15, 0.2) is 11.5 Å². The summed E-state index contributed by atoms with van der Waals surface area (Å²) in [5.74, 6) is 1.41. The van der Waals surface area contributed by atoms with E-state index in [1.54, 1.807) is 38.5 Å². The minimum atomic E-state index is -0.415. The number of amides is 2. The maximum absolute atomic E-state index is 12.6. The zero-order valence-electron chi connectivity index (χ0n) is 16.7. The van der Waals surface area contributed by atoms with Gasteiger partial charge in [-0.1, -0.05) is 18.2 Å². The van der Waals surface area contributed by atoms with Gasteiger partial charge < -0.3 is 24.3 Å². The monoisotopic (exact) mass is 400 g/mol. The Balaban J connectivity index is 1.71. The average molecular weight is 400 g/mol. The number of aryl methyl sites for hydroxylation is 1. The van der Waals surface area contributed by atoms with Gasteiger partial charge in [0.2, 0.25) is 11.7 Å². The molecule has 2 aromatic rings. The van der Waals surface area contributed by atoms with Crippen molar-refractivity contribution in [1.29, 1.82) is 0 Å². The van der Waals surface area contributed by atoms with Crippen molar-refractivity contribution < 1.29 is 28.5 Å². The lowest BCUT2D eigenvalue weighted by atomic mass is 10.1. The van der Waals surface area contributed by atoms with E-state index in [-0.39, 0.29) is 12.3 Å². The maximum Gasteiger partial charge on any atom is 0.414 e. The molecule has 1 aliphatic heterocycles. The summed E-state index contributed by atoms with van der Waals surface area (Å²) in [7, 11) is 4.64. The second-order valence-corrected chi connectivity index (χ2v) is 6.32. The molecule has 0 saturated carbocycles. The van der Waals surface area contributed by atoms with Crippen LogP contribution in [-0.2, 0) is 16.0 Å². The van der Waals surface area contributed by atoms with Crippen molar-refractivity contribution in [3.8, 4) is 17.2 Å². The second-order valence-electron chi connectivity index (χ2n) is 6.32. The van der Waals surface area contributed by atoms with Crippen molar-refractivity contribution in [2.45, 2.75) is 12.8 Å². The molecule has 0 aromatic heterocycles. The standard InChI is InChI=1S/C21H24N2O6/c1-26-17-10-8-14(19(27-2)20(17)28-3)9-11-18(24)22-15-6-4-5-7-16(15)23-12-13-29-21(23)25/h4-8,10H,9,11-13H2,1-3H3,(H,22,24). The van der Waals surface area contributed by atoms with E-state index in [0.717, 1.165) is 5.56 Å². The van der Waals surface area contributed by atoms with Crippen molar-refractivity contribution >= 4 is 23.4 Å². The Hall–Kier alpha value is -3.42. The Bertz CT molecular complexity index is 899. The number of carbonyl (C=O) groups excluding carboxylic acids is 2. The molecule has 3 rings (SSSR count). The minimum absolute atomic E-state index is 0.179. The van der Waals surface area contributed by atoms with Crippen molar-refractivity contribution in [3.05, 3.63) is 42.0 Å². The van der Waals surface area contributed by atoms with Crippen LogP contribution >= 0.6 is 0 Å². The molecule has 8 heteroatoms. The molecule has 1 saturated heterocycles. The molecule has 1 fully saturated rings. The number of hydrogen-bond donors (Lipinski definition) is 1. The normalized spacial score (nSPS) is 13.1. The highest BCUT2D eigenvalue weighted by molar-refractivity contribution is 5.99. The summed E-state index contributed by atoms with van der Waals surface area (Å²) in [6.45, 7) is 0.786. The number of nitrogens with zero attached hydrogens (tertiary/aromatic N) is 1. The third kappa shape index (κ3) is 4.37. The molecule has 29 heavy (non-hydrogen) atoms. The molecule has 2 aromatic carbocycles. The van der Waals surface area contributed by atoms with E-state index in [0.29, 0.717) is 48.2 Å². The van der Waals surface area contributed by atoms with Crippen molar-refractivity contribution in [2.24, 2.45) is 0 Å². The number of cyclic esters (lactones) is 1. The summed E-state index contributed by atoms with van der Waals surface area (Å²) in [5.41, 5.74) is 2.01. The number of rotatable bonds is 8. The molecule has 1 aliphatic rings. The Morgan fingerprint density at radius 3 is 2.48 bits per heavy atom. The van der Waals surface area contributed by atoms with Gasteiger partial charge >= 0.3 is 6.09 Å². The van der Waals surface area contributed by atoms with Crippen molar-refractivity contribution in [2.75, 3.05) is 44.7 Å². The predicted octanol–water partition coefficient (Wildman–Crippen LogP) is 3.24. The molecule has 0 aliphatic carbocycles. The molecule has 0 bridgehead atoms. The van der Waals surface area contributed by atoms with E-state index < -0.39 is 6.09 Å². The van der Waals surface area contributed by atoms with Crippen LogP contribution in [0.1, 0.15) is 12.0 Å². The third-order valence-corrected chi connectivity index (χ3v) is 4.64. The van der Waals surface area contributed by atoms with Crippen LogP contribution in [0.5, 0.6) is 17.2 Å². The summed E-state index contributed by atoms with van der Waals surface area (Å²) >= 11 is 0. The quantitative estimate of drug-likeness (QED) is 0.732. The van der Waals surface area contributed by atoms with E-state index >= 15 is 0 Å². The lowest BCUT2D eigenvalue weighted by molar-refractivity contribution is -0.116. The first-order valence-corrected chi connectivity index (χ1v) is 9.20. The zero-order chi connectivity index (χ0) is 20.8. The first-order valence-electron chi connectivity index (χ1n) is 9.20. The highest BCUT2D eigenvalue weighted by Crippen LogP contribution is 2.40. The van der Waals surface area contributed by atoms with E-state index in [4.69, 9.17) is 18.9 Å². The molecule has 1 N–H and O–H groups in total. The average Bonchev–Trinajstić information content (AvgIpc) is 3.17. The van der Waals surface area contributed by atoms with Gasteiger partial charge in [-0.2, -0.15) is 0 Å². The second kappa shape index (κ2) is 9.18. The number of ether oxygens (including phenoxy) is 4. The summed E-state index contributed by atoms with van der Waals surface area (Å²) in [6.07, 6.45) is 0.259. The SMILES string of the molecule is COc1ccc(CCC(=O)Nc2ccccc2N2CCOC2=O)c(OC)c1OC. The molecule has 0 atom stereocenters. The molecular formula is C21H24N2O6. The van der Waals surface area contributed by atoms with E-state index in [9.17, 15) is 9.59 Å². The van der Waals surface area contributed by atoms with Gasteiger partial charge in [-0.25, -0.2) is 4.79 Å². The van der Waals surface area contributed by atoms with Gasteiger partial charge in [0.05, 0.1) is 39.2 Å². The van der Waals surface area contributed by atoms with Gasteiger partial charge in [0.1, 0.15) is 6.61 Å². The van der Waals surface area contributed by atoms with Crippen LogP contribution < -0.4 is 24.4 Å². The molecule has 2 amide bonds. The van der Waals surface area contributed by atoms with Crippen LogP contribution in [-0.4, -0.2) is 46.5 Å². The zero-order valence-corrected chi connectivity index (χ0v) is 16.7. The van der Waals surface area contributed by atoms with Gasteiger partial charge in [0.25, 0.3) is 0 Å². The number of carbonyl (C=O) groups is 2. The minimum Gasteiger partial charge on any atom is -0.493 e. The number of methoxy groups -OCH3 is 3. The summed E-state index contributed by atoms with van der Waals surface area (Å²) in [6, 6.07) is 10.8. The number of para-hydroxylation sites is 2. The fourth-order valence-electron chi connectivity index (χ4n) is 3.25. The van der Waals surface area contributed by atoms with Gasteiger partial charge in [-0.15, -0.1) is 0 Å². The lowest BCUT2D eigenvalue weighted by Crippen LogP contribution is -2.25. The summed E-state index contributed by atoms with van der Waals surface area (Å²) in [4.78, 5) is 25.9. The van der Waals surface area contributed by atoms with E-state index in [1.807, 2.05) is 12.1 Å². The smallest absolute Gasteiger partial charge is 0.414 e. The maximum atomic E-state index is 12.6. The highest BCUT2D eigenvalue weighted by Gasteiger charge is 2.26. The topological polar surface area (TPSA) is 86.3 Å². The lowest BCUT2D eigenvalue weighted by Gasteiger charge is -2.18. The molecule has 0 spiro atoms. The molecular weight excluding hydrogens is 376 g/mol. The first-order chi connectivity index (χ1) is 14.1. The van der Waals surface area contributed by atoms with Crippen LogP contribution in [0.4, 0.5) is 16.2 Å². The van der Waals surface area contributed by atoms with E-state index in [1.165, 1.54) is 12.0 Å². The Morgan fingerprint density at radius 1 is 1.07 bits per heavy atom. The fraction of sp³-hybridized carbons (Fsp3) is 0.333. The van der Waals surface area contributed by atoms with Crippen LogP contribution in [0, 0.1) is 0 Å². The number of anilines is 2. The Morgan fingerprint density at radius 2 is 1.83 bits per heavy atom. The van der Waals surface area contributed by atoms with Gasteiger partial charge in [-0.05, 0) is 30.2 Å². The van der Waals surface area contributed by atoms with Crippen LogP contribution in [0.3, 0.4) is 0 Å².